The third kappa shape index (κ3) is 3.91. The number of carbonyl (C=O) groups is 2. The molecule has 1 aliphatic heterocycles. The van der Waals surface area contributed by atoms with Gasteiger partial charge >= 0.3 is 6.09 Å². The van der Waals surface area contributed by atoms with Gasteiger partial charge in [0, 0.05) is 25.9 Å². The lowest BCUT2D eigenvalue weighted by molar-refractivity contribution is -0.132. The van der Waals surface area contributed by atoms with Crippen molar-refractivity contribution in [2.75, 3.05) is 13.1 Å². The minimum atomic E-state index is -0.525. The van der Waals surface area contributed by atoms with E-state index in [1.807, 2.05) is 0 Å². The Bertz CT molecular complexity index is 606. The summed E-state index contributed by atoms with van der Waals surface area (Å²) in [6.45, 7) is 5.21. The molecule has 0 bridgehead atoms. The SMILES string of the molecule is C=CCCC(=O)N1CCc2onc(OC(=O)NCC3CC3)c2C1. The lowest BCUT2D eigenvalue weighted by Gasteiger charge is -2.25. The van der Waals surface area contributed by atoms with E-state index in [9.17, 15) is 9.59 Å². The van der Waals surface area contributed by atoms with E-state index in [0.717, 1.165) is 12.8 Å². The van der Waals surface area contributed by atoms with Crippen molar-refractivity contribution in [2.45, 2.75) is 38.6 Å². The number of aromatic nitrogens is 1. The first-order valence-electron chi connectivity index (χ1n) is 7.99. The molecule has 3 rings (SSSR count). The van der Waals surface area contributed by atoms with E-state index in [-0.39, 0.29) is 11.8 Å². The summed E-state index contributed by atoms with van der Waals surface area (Å²) < 4.78 is 10.5. The van der Waals surface area contributed by atoms with Crippen molar-refractivity contribution in [1.82, 2.24) is 15.4 Å². The fourth-order valence-corrected chi connectivity index (χ4v) is 2.54. The fraction of sp³-hybridized carbons (Fsp3) is 0.562. The van der Waals surface area contributed by atoms with E-state index in [1.54, 1.807) is 11.0 Å². The zero-order valence-electron chi connectivity index (χ0n) is 13.0. The highest BCUT2D eigenvalue weighted by molar-refractivity contribution is 5.77. The predicted octanol–water partition coefficient (Wildman–Crippen LogP) is 2.02. The summed E-state index contributed by atoms with van der Waals surface area (Å²) in [5.74, 6) is 1.48. The zero-order valence-corrected chi connectivity index (χ0v) is 13.0. The number of carbonyl (C=O) groups excluding carboxylic acids is 2. The van der Waals surface area contributed by atoms with Crippen molar-refractivity contribution < 1.29 is 18.8 Å². The first-order valence-corrected chi connectivity index (χ1v) is 7.99. The Labute approximate surface area is 134 Å². The van der Waals surface area contributed by atoms with Gasteiger partial charge in [0.2, 0.25) is 5.91 Å². The summed E-state index contributed by atoms with van der Waals surface area (Å²) in [5, 5.41) is 6.54. The molecule has 2 aliphatic rings. The molecule has 1 saturated carbocycles. The summed E-state index contributed by atoms with van der Waals surface area (Å²) in [6.07, 6.45) is 5.17. The average Bonchev–Trinajstić information content (AvgIpc) is 3.31. The zero-order chi connectivity index (χ0) is 16.2. The van der Waals surface area contributed by atoms with Gasteiger partial charge in [0.05, 0.1) is 12.1 Å². The Hall–Kier alpha value is -2.31. The van der Waals surface area contributed by atoms with Crippen LogP contribution in [0.2, 0.25) is 0 Å². The van der Waals surface area contributed by atoms with Crippen molar-refractivity contribution in [2.24, 2.45) is 5.92 Å². The maximum atomic E-state index is 12.1. The second-order valence-electron chi connectivity index (χ2n) is 6.00. The van der Waals surface area contributed by atoms with Crippen molar-refractivity contribution in [3.8, 4) is 5.88 Å². The molecule has 0 saturated heterocycles. The van der Waals surface area contributed by atoms with E-state index in [2.05, 4.69) is 17.1 Å². The minimum Gasteiger partial charge on any atom is -0.387 e. The molecular weight excluding hydrogens is 298 g/mol. The number of nitrogens with zero attached hydrogens (tertiary/aromatic N) is 2. The topological polar surface area (TPSA) is 84.7 Å². The van der Waals surface area contributed by atoms with E-state index >= 15 is 0 Å². The monoisotopic (exact) mass is 319 g/mol. The van der Waals surface area contributed by atoms with Gasteiger partial charge in [-0.3, -0.25) is 4.79 Å². The Balaban J connectivity index is 1.59. The van der Waals surface area contributed by atoms with Crippen LogP contribution >= 0.6 is 0 Å². The molecule has 7 heteroatoms. The largest absolute Gasteiger partial charge is 0.414 e. The highest BCUT2D eigenvalue weighted by atomic mass is 16.6. The van der Waals surface area contributed by atoms with Gasteiger partial charge in [-0.25, -0.2) is 4.79 Å². The van der Waals surface area contributed by atoms with Gasteiger partial charge < -0.3 is 19.5 Å². The molecule has 2 heterocycles. The Morgan fingerprint density at radius 3 is 3.04 bits per heavy atom. The first kappa shape index (κ1) is 15.6. The van der Waals surface area contributed by atoms with Crippen LogP contribution in [0.25, 0.3) is 0 Å². The number of hydrogen-bond donors (Lipinski definition) is 1. The molecule has 2 amide bonds. The van der Waals surface area contributed by atoms with Gasteiger partial charge in [-0.2, -0.15) is 0 Å². The fourth-order valence-electron chi connectivity index (χ4n) is 2.54. The van der Waals surface area contributed by atoms with Crippen molar-refractivity contribution >= 4 is 12.0 Å². The second kappa shape index (κ2) is 6.85. The predicted molar refractivity (Wildman–Crippen MR) is 81.8 cm³/mol. The molecular formula is C16H21N3O4. The Kier molecular flexibility index (Phi) is 4.64. The lowest BCUT2D eigenvalue weighted by atomic mass is 10.1. The van der Waals surface area contributed by atoms with E-state index < -0.39 is 6.09 Å². The van der Waals surface area contributed by atoms with Gasteiger partial charge in [-0.15, -0.1) is 6.58 Å². The average molecular weight is 319 g/mol. The summed E-state index contributed by atoms with van der Waals surface area (Å²) in [5.41, 5.74) is 0.685. The number of fused-ring (bicyclic) bond motifs is 1. The summed E-state index contributed by atoms with van der Waals surface area (Å²) in [4.78, 5) is 25.6. The molecule has 23 heavy (non-hydrogen) atoms. The van der Waals surface area contributed by atoms with Crippen LogP contribution in [0.4, 0.5) is 4.79 Å². The highest BCUT2D eigenvalue weighted by Crippen LogP contribution is 2.29. The smallest absolute Gasteiger partial charge is 0.387 e. The molecule has 0 radical (unpaired) electrons. The number of hydrogen-bond acceptors (Lipinski definition) is 5. The van der Waals surface area contributed by atoms with Gasteiger partial charge in [0.1, 0.15) is 5.76 Å². The third-order valence-electron chi connectivity index (χ3n) is 4.13. The Morgan fingerprint density at radius 2 is 2.30 bits per heavy atom. The molecule has 7 nitrogen and oxygen atoms in total. The van der Waals surface area contributed by atoms with Crippen molar-refractivity contribution in [1.29, 1.82) is 0 Å². The minimum absolute atomic E-state index is 0.0564. The van der Waals surface area contributed by atoms with Crippen LogP contribution in [-0.4, -0.2) is 35.1 Å². The van der Waals surface area contributed by atoms with Gasteiger partial charge in [-0.1, -0.05) is 6.08 Å². The van der Waals surface area contributed by atoms with Crippen molar-refractivity contribution in [3.63, 3.8) is 0 Å². The number of amides is 2. The van der Waals surface area contributed by atoms with Crippen LogP contribution < -0.4 is 10.1 Å². The number of nitrogens with one attached hydrogen (secondary N) is 1. The maximum absolute atomic E-state index is 12.1. The van der Waals surface area contributed by atoms with E-state index in [0.29, 0.717) is 56.1 Å². The Morgan fingerprint density at radius 1 is 1.48 bits per heavy atom. The molecule has 1 aromatic heterocycles. The quantitative estimate of drug-likeness (QED) is 0.811. The van der Waals surface area contributed by atoms with Crippen LogP contribution in [0.1, 0.15) is 37.0 Å². The molecule has 0 spiro atoms. The molecule has 1 aromatic rings. The standard InChI is InChI=1S/C16H21N3O4/c1-2-3-4-14(20)19-8-7-13-12(10-19)15(18-23-13)22-16(21)17-9-11-5-6-11/h2,11H,1,3-10H2,(H,17,21). The van der Waals surface area contributed by atoms with E-state index in [4.69, 9.17) is 9.26 Å². The van der Waals surface area contributed by atoms with Gasteiger partial charge in [0.25, 0.3) is 5.88 Å². The molecule has 1 N–H and O–H groups in total. The second-order valence-corrected chi connectivity index (χ2v) is 6.00. The van der Waals surface area contributed by atoms with Crippen molar-refractivity contribution in [3.05, 3.63) is 24.0 Å². The third-order valence-corrected chi connectivity index (χ3v) is 4.13. The molecule has 124 valence electrons. The number of rotatable bonds is 6. The van der Waals surface area contributed by atoms with Gasteiger partial charge in [-0.05, 0) is 30.3 Å². The number of ether oxygens (including phenoxy) is 1. The molecule has 0 atom stereocenters. The molecule has 0 unspecified atom stereocenters. The van der Waals surface area contributed by atoms with Crippen LogP contribution in [0.5, 0.6) is 5.88 Å². The first-order chi connectivity index (χ1) is 11.2. The summed E-state index contributed by atoms with van der Waals surface area (Å²) in [7, 11) is 0. The lowest BCUT2D eigenvalue weighted by Crippen LogP contribution is -2.36. The van der Waals surface area contributed by atoms with E-state index in [1.165, 1.54) is 0 Å². The normalized spacial score (nSPS) is 16.6. The van der Waals surface area contributed by atoms with Crippen LogP contribution in [0, 0.1) is 5.92 Å². The van der Waals surface area contributed by atoms with Gasteiger partial charge in [0.15, 0.2) is 0 Å². The number of allylic oxidation sites excluding steroid dienone is 1. The summed E-state index contributed by atoms with van der Waals surface area (Å²) in [6, 6.07) is 0. The van der Waals surface area contributed by atoms with Crippen LogP contribution in [-0.2, 0) is 17.8 Å². The molecule has 1 aliphatic carbocycles. The summed E-state index contributed by atoms with van der Waals surface area (Å²) >= 11 is 0. The molecule has 0 aromatic carbocycles. The van der Waals surface area contributed by atoms with Crippen LogP contribution in [0.15, 0.2) is 17.2 Å². The maximum Gasteiger partial charge on any atom is 0.414 e. The highest BCUT2D eigenvalue weighted by Gasteiger charge is 2.29. The molecule has 1 fully saturated rings. The van der Waals surface area contributed by atoms with Crippen LogP contribution in [0.3, 0.4) is 0 Å².